The molecule has 0 aliphatic carbocycles. The minimum absolute atomic E-state index is 0.0479. The number of non-ortho nitro benzene ring substituents is 1. The Morgan fingerprint density at radius 1 is 1.50 bits per heavy atom. The molecule has 0 unspecified atom stereocenters. The molecule has 8 nitrogen and oxygen atoms in total. The van der Waals surface area contributed by atoms with Crippen molar-refractivity contribution < 1.29 is 9.72 Å². The summed E-state index contributed by atoms with van der Waals surface area (Å²) in [5.41, 5.74) is 7.11. The monoisotopic (exact) mass is 337 g/mol. The SMILES string of the molecule is Nc1nnc(SCC(=O)N2CCc3cc([N+](=O)[O-])ccc32)s1. The highest BCUT2D eigenvalue weighted by molar-refractivity contribution is 8.01. The van der Waals surface area contributed by atoms with Gasteiger partial charge in [0.25, 0.3) is 5.69 Å². The van der Waals surface area contributed by atoms with Gasteiger partial charge in [0.15, 0.2) is 4.34 Å². The number of carbonyl (C=O) groups excluding carboxylic acids is 1. The van der Waals surface area contributed by atoms with Gasteiger partial charge >= 0.3 is 0 Å². The summed E-state index contributed by atoms with van der Waals surface area (Å²) in [7, 11) is 0. The number of nitrogens with two attached hydrogens (primary N) is 1. The molecule has 2 aromatic rings. The summed E-state index contributed by atoms with van der Waals surface area (Å²) >= 11 is 2.52. The summed E-state index contributed by atoms with van der Waals surface area (Å²) in [6.45, 7) is 0.536. The van der Waals surface area contributed by atoms with Crippen molar-refractivity contribution in [3.8, 4) is 0 Å². The van der Waals surface area contributed by atoms with E-state index in [1.807, 2.05) is 0 Å². The van der Waals surface area contributed by atoms with E-state index in [1.165, 1.54) is 35.2 Å². The van der Waals surface area contributed by atoms with Crippen LogP contribution in [0.1, 0.15) is 5.56 Å². The van der Waals surface area contributed by atoms with E-state index < -0.39 is 4.92 Å². The van der Waals surface area contributed by atoms with Crippen molar-refractivity contribution in [1.29, 1.82) is 0 Å². The van der Waals surface area contributed by atoms with Gasteiger partial charge in [0, 0.05) is 24.4 Å². The first-order valence-corrected chi connectivity index (χ1v) is 8.14. The van der Waals surface area contributed by atoms with Gasteiger partial charge in [0.2, 0.25) is 11.0 Å². The number of rotatable bonds is 4. The lowest BCUT2D eigenvalue weighted by Gasteiger charge is -2.16. The van der Waals surface area contributed by atoms with Gasteiger partial charge in [-0.2, -0.15) is 0 Å². The van der Waals surface area contributed by atoms with Crippen molar-refractivity contribution in [3.05, 3.63) is 33.9 Å². The summed E-state index contributed by atoms with van der Waals surface area (Å²) in [6, 6.07) is 4.58. The van der Waals surface area contributed by atoms with Crippen LogP contribution in [0, 0.1) is 10.1 Å². The van der Waals surface area contributed by atoms with Crippen LogP contribution in [0.15, 0.2) is 22.5 Å². The number of aromatic nitrogens is 2. The highest BCUT2D eigenvalue weighted by atomic mass is 32.2. The van der Waals surface area contributed by atoms with E-state index in [4.69, 9.17) is 5.73 Å². The van der Waals surface area contributed by atoms with Gasteiger partial charge in [-0.15, -0.1) is 10.2 Å². The van der Waals surface area contributed by atoms with Crippen molar-refractivity contribution in [2.45, 2.75) is 10.8 Å². The minimum Gasteiger partial charge on any atom is -0.374 e. The summed E-state index contributed by atoms with van der Waals surface area (Å²) in [5, 5.41) is 18.7. The van der Waals surface area contributed by atoms with Gasteiger partial charge in [-0.1, -0.05) is 23.1 Å². The number of amides is 1. The molecular weight excluding hydrogens is 326 g/mol. The van der Waals surface area contributed by atoms with Crippen LogP contribution in [0.2, 0.25) is 0 Å². The molecular formula is C12H11N5O3S2. The molecule has 10 heteroatoms. The van der Waals surface area contributed by atoms with Gasteiger partial charge in [0.1, 0.15) is 0 Å². The lowest BCUT2D eigenvalue weighted by Crippen LogP contribution is -2.30. The molecule has 0 bridgehead atoms. The maximum atomic E-state index is 12.3. The first-order valence-electron chi connectivity index (χ1n) is 6.34. The molecule has 3 rings (SSSR count). The minimum atomic E-state index is -0.430. The molecule has 1 aromatic carbocycles. The van der Waals surface area contributed by atoms with Crippen molar-refractivity contribution >= 4 is 45.5 Å². The smallest absolute Gasteiger partial charge is 0.269 e. The summed E-state index contributed by atoms with van der Waals surface area (Å²) in [6.07, 6.45) is 0.624. The quantitative estimate of drug-likeness (QED) is 0.513. The van der Waals surface area contributed by atoms with Crippen molar-refractivity contribution in [2.24, 2.45) is 0 Å². The third kappa shape index (κ3) is 2.88. The zero-order valence-electron chi connectivity index (χ0n) is 11.3. The molecule has 1 amide bonds. The molecule has 2 N–H and O–H groups in total. The number of nitro groups is 1. The number of thioether (sulfide) groups is 1. The summed E-state index contributed by atoms with van der Waals surface area (Å²) < 4.78 is 0.647. The largest absolute Gasteiger partial charge is 0.374 e. The number of nitrogen functional groups attached to an aromatic ring is 1. The average molecular weight is 337 g/mol. The van der Waals surface area contributed by atoms with E-state index in [1.54, 1.807) is 11.0 Å². The Morgan fingerprint density at radius 2 is 2.32 bits per heavy atom. The van der Waals surface area contributed by atoms with Crippen molar-refractivity contribution in [2.75, 3.05) is 22.9 Å². The number of hydrogen-bond acceptors (Lipinski definition) is 8. The van der Waals surface area contributed by atoms with Crippen LogP contribution < -0.4 is 10.6 Å². The number of nitro benzene ring substituents is 1. The van der Waals surface area contributed by atoms with Gasteiger partial charge in [-0.05, 0) is 18.1 Å². The maximum Gasteiger partial charge on any atom is 0.269 e. The third-order valence-corrected chi connectivity index (χ3v) is 5.08. The van der Waals surface area contributed by atoms with Gasteiger partial charge in [0.05, 0.1) is 10.7 Å². The number of hydrogen-bond donors (Lipinski definition) is 1. The van der Waals surface area contributed by atoms with Crippen LogP contribution in [0.4, 0.5) is 16.5 Å². The Balaban J connectivity index is 1.69. The van der Waals surface area contributed by atoms with Crippen LogP contribution in [-0.4, -0.2) is 33.3 Å². The second kappa shape index (κ2) is 5.89. The van der Waals surface area contributed by atoms with E-state index >= 15 is 0 Å². The number of carbonyl (C=O) groups is 1. The molecule has 0 radical (unpaired) electrons. The molecule has 0 saturated heterocycles. The number of anilines is 2. The van der Waals surface area contributed by atoms with Crippen LogP contribution >= 0.6 is 23.1 Å². The second-order valence-corrected chi connectivity index (χ2v) is 6.79. The van der Waals surface area contributed by atoms with Gasteiger partial charge in [-0.3, -0.25) is 14.9 Å². The summed E-state index contributed by atoms with van der Waals surface area (Å²) in [4.78, 5) is 24.3. The molecule has 22 heavy (non-hydrogen) atoms. The van der Waals surface area contributed by atoms with Crippen LogP contribution in [0.5, 0.6) is 0 Å². The van der Waals surface area contributed by atoms with E-state index in [0.717, 1.165) is 11.3 Å². The Labute approximate surface area is 133 Å². The number of nitrogens with zero attached hydrogens (tertiary/aromatic N) is 4. The predicted molar refractivity (Wildman–Crippen MR) is 84.2 cm³/mol. The van der Waals surface area contributed by atoms with Gasteiger partial charge in [-0.25, -0.2) is 0 Å². The molecule has 2 heterocycles. The topological polar surface area (TPSA) is 115 Å². The molecule has 114 valence electrons. The number of fused-ring (bicyclic) bond motifs is 1. The predicted octanol–water partition coefficient (Wildman–Crippen LogP) is 1.71. The Morgan fingerprint density at radius 3 is 3.00 bits per heavy atom. The Kier molecular flexibility index (Phi) is 3.94. The van der Waals surface area contributed by atoms with Crippen LogP contribution in [0.25, 0.3) is 0 Å². The number of benzene rings is 1. The fourth-order valence-electron chi connectivity index (χ4n) is 2.24. The Bertz CT molecular complexity index is 748. The zero-order chi connectivity index (χ0) is 15.7. The lowest BCUT2D eigenvalue weighted by molar-refractivity contribution is -0.384. The van der Waals surface area contributed by atoms with E-state index in [0.29, 0.717) is 22.4 Å². The molecule has 1 aromatic heterocycles. The van der Waals surface area contributed by atoms with E-state index in [-0.39, 0.29) is 17.3 Å². The fraction of sp³-hybridized carbons (Fsp3) is 0.250. The highest BCUT2D eigenvalue weighted by Crippen LogP contribution is 2.32. The van der Waals surface area contributed by atoms with Crippen molar-refractivity contribution in [3.63, 3.8) is 0 Å². The highest BCUT2D eigenvalue weighted by Gasteiger charge is 2.26. The Hall–Kier alpha value is -2.20. The first kappa shape index (κ1) is 14.7. The van der Waals surface area contributed by atoms with Gasteiger partial charge < -0.3 is 10.6 Å². The lowest BCUT2D eigenvalue weighted by atomic mass is 10.1. The molecule has 1 aliphatic rings. The van der Waals surface area contributed by atoms with E-state index in [9.17, 15) is 14.9 Å². The maximum absolute atomic E-state index is 12.3. The van der Waals surface area contributed by atoms with E-state index in [2.05, 4.69) is 10.2 Å². The van der Waals surface area contributed by atoms with Crippen molar-refractivity contribution in [1.82, 2.24) is 10.2 Å². The normalized spacial score (nSPS) is 13.2. The third-order valence-electron chi connectivity index (χ3n) is 3.21. The molecule has 0 atom stereocenters. The molecule has 0 fully saturated rings. The van der Waals surface area contributed by atoms with Crippen LogP contribution in [-0.2, 0) is 11.2 Å². The molecule has 0 saturated carbocycles. The average Bonchev–Trinajstić information content (AvgIpc) is 3.10. The zero-order valence-corrected chi connectivity index (χ0v) is 12.9. The molecule has 0 spiro atoms. The first-order chi connectivity index (χ1) is 10.5. The van der Waals surface area contributed by atoms with Crippen LogP contribution in [0.3, 0.4) is 0 Å². The standard InChI is InChI=1S/C12H11N5O3S2/c13-11-14-15-12(22-11)21-6-10(18)16-4-3-7-5-8(17(19)20)1-2-9(7)16/h1-2,5H,3-4,6H2,(H2,13,14). The fourth-order valence-corrected chi connectivity index (χ4v) is 3.75. The second-order valence-electron chi connectivity index (χ2n) is 4.56. The molecule has 1 aliphatic heterocycles. The summed E-state index contributed by atoms with van der Waals surface area (Å²) in [5.74, 6) is 0.164.